The molecule has 2 aromatic carbocycles. The van der Waals surface area contributed by atoms with Crippen molar-refractivity contribution in [3.05, 3.63) is 71.3 Å². The molecular formula is C19H24N2O2. The Morgan fingerprint density at radius 1 is 1.09 bits per heavy atom. The lowest BCUT2D eigenvalue weighted by Gasteiger charge is -2.26. The predicted octanol–water partition coefficient (Wildman–Crippen LogP) is 2.50. The highest BCUT2D eigenvalue weighted by Crippen LogP contribution is 2.14. The van der Waals surface area contributed by atoms with Gasteiger partial charge in [0.25, 0.3) is 0 Å². The Morgan fingerprint density at radius 3 is 2.39 bits per heavy atom. The summed E-state index contributed by atoms with van der Waals surface area (Å²) in [4.78, 5) is 14.5. The average molecular weight is 312 g/mol. The number of aryl methyl sites for hydroxylation is 1. The smallest absolute Gasteiger partial charge is 0.242 e. The molecule has 4 nitrogen and oxygen atoms in total. The predicted molar refractivity (Wildman–Crippen MR) is 91.7 cm³/mol. The zero-order valence-corrected chi connectivity index (χ0v) is 13.7. The van der Waals surface area contributed by atoms with Crippen LogP contribution in [-0.4, -0.2) is 30.6 Å². The summed E-state index contributed by atoms with van der Waals surface area (Å²) >= 11 is 0. The molecule has 0 radical (unpaired) electrons. The van der Waals surface area contributed by atoms with Gasteiger partial charge in [-0.1, -0.05) is 54.6 Å². The Hall–Kier alpha value is -2.17. The van der Waals surface area contributed by atoms with Gasteiger partial charge in [-0.3, -0.25) is 4.79 Å². The van der Waals surface area contributed by atoms with E-state index in [0.29, 0.717) is 13.1 Å². The first-order valence-corrected chi connectivity index (χ1v) is 7.73. The van der Waals surface area contributed by atoms with Crippen LogP contribution in [0.3, 0.4) is 0 Å². The van der Waals surface area contributed by atoms with Crippen LogP contribution >= 0.6 is 0 Å². The van der Waals surface area contributed by atoms with Crippen molar-refractivity contribution in [3.63, 3.8) is 0 Å². The Labute approximate surface area is 137 Å². The van der Waals surface area contributed by atoms with Crippen LogP contribution in [0.15, 0.2) is 54.6 Å². The summed E-state index contributed by atoms with van der Waals surface area (Å²) in [5.74, 6) is -0.0982. The van der Waals surface area contributed by atoms with Crippen LogP contribution in [0.25, 0.3) is 0 Å². The van der Waals surface area contributed by atoms with Crippen LogP contribution in [-0.2, 0) is 22.6 Å². The molecule has 0 fully saturated rings. The molecule has 0 saturated heterocycles. The molecule has 4 heteroatoms. The summed E-state index contributed by atoms with van der Waals surface area (Å²) < 4.78 is 5.03. The summed E-state index contributed by atoms with van der Waals surface area (Å²) in [5, 5.41) is 0. The minimum absolute atomic E-state index is 0.0982. The van der Waals surface area contributed by atoms with Crippen LogP contribution in [0.2, 0.25) is 0 Å². The van der Waals surface area contributed by atoms with Gasteiger partial charge in [-0.25, -0.2) is 0 Å². The van der Waals surface area contributed by atoms with Gasteiger partial charge in [0.2, 0.25) is 5.91 Å². The van der Waals surface area contributed by atoms with E-state index in [1.165, 1.54) is 5.56 Å². The minimum Gasteiger partial charge on any atom is -0.383 e. The van der Waals surface area contributed by atoms with Crippen LogP contribution < -0.4 is 5.73 Å². The molecule has 2 rings (SSSR count). The summed E-state index contributed by atoms with van der Waals surface area (Å²) in [7, 11) is 1.55. The maximum absolute atomic E-state index is 12.7. The van der Waals surface area contributed by atoms with E-state index >= 15 is 0 Å². The fourth-order valence-electron chi connectivity index (χ4n) is 2.49. The first kappa shape index (κ1) is 17.2. The highest BCUT2D eigenvalue weighted by molar-refractivity contribution is 5.81. The molecule has 23 heavy (non-hydrogen) atoms. The molecule has 2 N–H and O–H groups in total. The molecular weight excluding hydrogens is 288 g/mol. The van der Waals surface area contributed by atoms with E-state index in [-0.39, 0.29) is 12.5 Å². The Balaban J connectivity index is 2.20. The number of carbonyl (C=O) groups excluding carboxylic acids is 1. The average Bonchev–Trinajstić information content (AvgIpc) is 2.56. The van der Waals surface area contributed by atoms with E-state index < -0.39 is 6.04 Å². The summed E-state index contributed by atoms with van der Waals surface area (Å²) in [6.45, 7) is 3.34. The number of carbonyl (C=O) groups is 1. The van der Waals surface area contributed by atoms with Gasteiger partial charge in [0.1, 0.15) is 6.04 Å². The summed E-state index contributed by atoms with van der Waals surface area (Å²) in [5.41, 5.74) is 9.33. The lowest BCUT2D eigenvalue weighted by molar-refractivity contribution is -0.135. The third-order valence-corrected chi connectivity index (χ3v) is 3.81. The van der Waals surface area contributed by atoms with Crippen LogP contribution in [0.1, 0.15) is 16.7 Å². The van der Waals surface area contributed by atoms with Crippen molar-refractivity contribution in [2.45, 2.75) is 26.1 Å². The number of rotatable bonds is 7. The third-order valence-electron chi connectivity index (χ3n) is 3.81. The molecule has 2 aromatic rings. The van der Waals surface area contributed by atoms with Gasteiger partial charge in [0, 0.05) is 20.2 Å². The molecule has 122 valence electrons. The zero-order valence-electron chi connectivity index (χ0n) is 13.7. The molecule has 0 aliphatic heterocycles. The first-order valence-electron chi connectivity index (χ1n) is 7.73. The van der Waals surface area contributed by atoms with Gasteiger partial charge in [-0.15, -0.1) is 0 Å². The van der Waals surface area contributed by atoms with Gasteiger partial charge in [0.05, 0.1) is 6.61 Å². The van der Waals surface area contributed by atoms with Crippen molar-refractivity contribution in [2.24, 2.45) is 5.73 Å². The second-order valence-corrected chi connectivity index (χ2v) is 5.67. The molecule has 0 heterocycles. The molecule has 0 spiro atoms. The van der Waals surface area contributed by atoms with Crippen molar-refractivity contribution in [1.82, 2.24) is 4.90 Å². The topological polar surface area (TPSA) is 55.6 Å². The largest absolute Gasteiger partial charge is 0.383 e. The van der Waals surface area contributed by atoms with Crippen LogP contribution in [0.4, 0.5) is 0 Å². The number of hydrogen-bond acceptors (Lipinski definition) is 3. The van der Waals surface area contributed by atoms with Crippen molar-refractivity contribution in [3.8, 4) is 0 Å². The van der Waals surface area contributed by atoms with Gasteiger partial charge in [-0.2, -0.15) is 0 Å². The molecule has 1 unspecified atom stereocenters. The highest BCUT2D eigenvalue weighted by atomic mass is 16.5. The Morgan fingerprint density at radius 2 is 1.74 bits per heavy atom. The number of methoxy groups -OCH3 is 1. The van der Waals surface area contributed by atoms with Crippen molar-refractivity contribution < 1.29 is 9.53 Å². The number of nitrogens with zero attached hydrogens (tertiary/aromatic N) is 1. The Kier molecular flexibility index (Phi) is 6.32. The van der Waals surface area contributed by atoms with Gasteiger partial charge in [-0.05, 0) is 23.6 Å². The second kappa shape index (κ2) is 8.46. The maximum atomic E-state index is 12.7. The van der Waals surface area contributed by atoms with Crippen molar-refractivity contribution in [1.29, 1.82) is 0 Å². The molecule has 0 saturated carbocycles. The lowest BCUT2D eigenvalue weighted by atomic mass is 10.1. The van der Waals surface area contributed by atoms with Gasteiger partial charge in [0.15, 0.2) is 0 Å². The third kappa shape index (κ3) is 4.91. The number of nitrogens with two attached hydrogens (primary N) is 1. The van der Waals surface area contributed by atoms with E-state index in [9.17, 15) is 4.79 Å². The fraction of sp³-hybridized carbons (Fsp3) is 0.316. The van der Waals surface area contributed by atoms with Gasteiger partial charge >= 0.3 is 0 Å². The van der Waals surface area contributed by atoms with Crippen LogP contribution in [0.5, 0.6) is 0 Å². The molecule has 0 bridgehead atoms. The quantitative estimate of drug-likeness (QED) is 0.854. The lowest BCUT2D eigenvalue weighted by Crippen LogP contribution is -2.45. The van der Waals surface area contributed by atoms with Crippen molar-refractivity contribution >= 4 is 5.91 Å². The minimum atomic E-state index is -0.646. The molecule has 0 aromatic heterocycles. The fourth-order valence-corrected chi connectivity index (χ4v) is 2.49. The summed E-state index contributed by atoms with van der Waals surface area (Å²) in [6, 6.07) is 17.4. The summed E-state index contributed by atoms with van der Waals surface area (Å²) in [6.07, 6.45) is 0. The first-order chi connectivity index (χ1) is 11.1. The monoisotopic (exact) mass is 312 g/mol. The number of amides is 1. The molecule has 1 amide bonds. The number of ether oxygens (including phenoxy) is 1. The molecule has 0 aliphatic rings. The van der Waals surface area contributed by atoms with Crippen LogP contribution in [0, 0.1) is 6.92 Å². The van der Waals surface area contributed by atoms with E-state index in [2.05, 4.69) is 13.0 Å². The zero-order chi connectivity index (χ0) is 16.7. The SMILES string of the molecule is COCC(N)C(=O)N(Cc1ccccc1)Cc1ccccc1C. The Bertz CT molecular complexity index is 628. The van der Waals surface area contributed by atoms with E-state index in [1.807, 2.05) is 48.5 Å². The van der Waals surface area contributed by atoms with E-state index in [1.54, 1.807) is 12.0 Å². The van der Waals surface area contributed by atoms with Gasteiger partial charge < -0.3 is 15.4 Å². The highest BCUT2D eigenvalue weighted by Gasteiger charge is 2.21. The number of hydrogen-bond donors (Lipinski definition) is 1. The number of benzene rings is 2. The molecule has 1 atom stereocenters. The van der Waals surface area contributed by atoms with Crippen molar-refractivity contribution in [2.75, 3.05) is 13.7 Å². The normalized spacial score (nSPS) is 12.0. The van der Waals surface area contributed by atoms with E-state index in [4.69, 9.17) is 10.5 Å². The standard InChI is InChI=1S/C19H24N2O2/c1-15-8-6-7-11-17(15)13-21(19(22)18(20)14-23-2)12-16-9-4-3-5-10-16/h3-11,18H,12-14,20H2,1-2H3. The second-order valence-electron chi connectivity index (χ2n) is 5.67. The van der Waals surface area contributed by atoms with E-state index in [0.717, 1.165) is 11.1 Å². The maximum Gasteiger partial charge on any atom is 0.242 e. The molecule has 0 aliphatic carbocycles.